The van der Waals surface area contributed by atoms with Crippen molar-refractivity contribution in [3.05, 3.63) is 39.8 Å². The van der Waals surface area contributed by atoms with E-state index in [1.165, 1.54) is 18.7 Å². The monoisotopic (exact) mass is 364 g/mol. The Kier molecular flexibility index (Phi) is 4.96. The van der Waals surface area contributed by atoms with Crippen molar-refractivity contribution in [3.63, 3.8) is 0 Å². The third-order valence-corrected chi connectivity index (χ3v) is 4.88. The summed E-state index contributed by atoms with van der Waals surface area (Å²) < 4.78 is 11.1. The Morgan fingerprint density at radius 1 is 1.25 bits per heavy atom. The molecule has 2 heterocycles. The van der Waals surface area contributed by atoms with Gasteiger partial charge in [0.2, 0.25) is 0 Å². The quantitative estimate of drug-likeness (QED) is 0.464. The molecule has 0 atom stereocenters. The van der Waals surface area contributed by atoms with Crippen molar-refractivity contribution in [1.82, 2.24) is 9.97 Å². The second-order valence-corrected chi connectivity index (χ2v) is 6.85. The van der Waals surface area contributed by atoms with E-state index in [4.69, 9.17) is 21.1 Å². The summed E-state index contributed by atoms with van der Waals surface area (Å²) in [5.74, 6) is 2.49. The van der Waals surface area contributed by atoms with Gasteiger partial charge in [0.05, 0.1) is 16.3 Å². The second kappa shape index (κ2) is 6.99. The summed E-state index contributed by atoms with van der Waals surface area (Å²) in [4.78, 5) is 20.6. The number of hydrogen-bond acceptors (Lipinski definition) is 6. The number of carbonyl (C=O) groups excluding carboxylic acids is 1. The number of aryl methyl sites for hydroxylation is 2. The van der Waals surface area contributed by atoms with Crippen molar-refractivity contribution >= 4 is 29.1 Å². The molecule has 1 aromatic heterocycles. The van der Waals surface area contributed by atoms with Gasteiger partial charge in [-0.05, 0) is 38.5 Å². The summed E-state index contributed by atoms with van der Waals surface area (Å²) in [6, 6.07) is 3.78. The molecule has 0 saturated heterocycles. The Morgan fingerprint density at radius 3 is 2.75 bits per heavy atom. The number of aromatic nitrogens is 2. The Balaban J connectivity index is 1.86. The van der Waals surface area contributed by atoms with Gasteiger partial charge in [-0.2, -0.15) is 0 Å². The zero-order valence-corrected chi connectivity index (χ0v) is 15.3. The average molecular weight is 365 g/mol. The van der Waals surface area contributed by atoms with E-state index in [-0.39, 0.29) is 5.78 Å². The maximum absolute atomic E-state index is 11.9. The van der Waals surface area contributed by atoms with Gasteiger partial charge in [-0.1, -0.05) is 11.6 Å². The largest absolute Gasteiger partial charge is 0.486 e. The van der Waals surface area contributed by atoms with Gasteiger partial charge < -0.3 is 9.47 Å². The number of nitrogens with zero attached hydrogens (tertiary/aromatic N) is 2. The summed E-state index contributed by atoms with van der Waals surface area (Å²) in [6.07, 6.45) is 0. The number of hydrogen-bond donors (Lipinski definition) is 0. The molecule has 5 nitrogen and oxygen atoms in total. The summed E-state index contributed by atoms with van der Waals surface area (Å²) in [5.41, 5.74) is 2.27. The fourth-order valence-electron chi connectivity index (χ4n) is 2.59. The zero-order chi connectivity index (χ0) is 17.3. The van der Waals surface area contributed by atoms with Crippen molar-refractivity contribution in [2.24, 2.45) is 0 Å². The first-order valence-electron chi connectivity index (χ1n) is 7.52. The molecule has 1 aliphatic heterocycles. The molecule has 0 spiro atoms. The van der Waals surface area contributed by atoms with E-state index in [0.717, 1.165) is 5.56 Å². The van der Waals surface area contributed by atoms with Crippen LogP contribution in [0.1, 0.15) is 34.4 Å². The molecule has 1 aliphatic rings. The molecule has 24 heavy (non-hydrogen) atoms. The molecule has 0 amide bonds. The molecule has 0 fully saturated rings. The van der Waals surface area contributed by atoms with Gasteiger partial charge in [-0.3, -0.25) is 4.79 Å². The van der Waals surface area contributed by atoms with Crippen LogP contribution in [0.2, 0.25) is 5.02 Å². The van der Waals surface area contributed by atoms with Crippen molar-refractivity contribution in [2.45, 2.75) is 31.6 Å². The number of ketones is 1. The van der Waals surface area contributed by atoms with E-state index < -0.39 is 0 Å². The second-order valence-electron chi connectivity index (χ2n) is 5.48. The molecule has 3 rings (SSSR count). The first kappa shape index (κ1) is 17.0. The number of thioether (sulfide) groups is 1. The van der Waals surface area contributed by atoms with Crippen LogP contribution >= 0.6 is 23.4 Å². The lowest BCUT2D eigenvalue weighted by Gasteiger charge is -2.20. The highest BCUT2D eigenvalue weighted by atomic mass is 35.5. The average Bonchev–Trinajstić information content (AvgIpc) is 2.52. The number of Topliss-reactive ketones (excluding diaryl/α,β-unsaturated/α-hetero) is 1. The summed E-state index contributed by atoms with van der Waals surface area (Å²) in [7, 11) is 0. The van der Waals surface area contributed by atoms with Crippen LogP contribution in [-0.4, -0.2) is 29.0 Å². The number of ether oxygens (including phenoxy) is 2. The summed E-state index contributed by atoms with van der Waals surface area (Å²) in [5, 5.41) is 1.23. The van der Waals surface area contributed by atoms with E-state index >= 15 is 0 Å². The van der Waals surface area contributed by atoms with E-state index in [0.29, 0.717) is 57.6 Å². The molecular formula is C17H17ClN2O3S. The van der Waals surface area contributed by atoms with Crippen LogP contribution in [-0.2, 0) is 5.75 Å². The number of halogens is 1. The lowest BCUT2D eigenvalue weighted by molar-refractivity contribution is 0.101. The molecule has 0 N–H and O–H groups in total. The van der Waals surface area contributed by atoms with E-state index in [2.05, 4.69) is 9.97 Å². The predicted octanol–water partition coefficient (Wildman–Crippen LogP) is 4.01. The molecule has 0 radical (unpaired) electrons. The molecule has 2 aromatic rings. The van der Waals surface area contributed by atoms with Gasteiger partial charge in [0.1, 0.15) is 24.1 Å². The Bertz CT molecular complexity index is 811. The van der Waals surface area contributed by atoms with Crippen molar-refractivity contribution in [1.29, 1.82) is 0 Å². The summed E-state index contributed by atoms with van der Waals surface area (Å²) in [6.45, 7) is 6.20. The van der Waals surface area contributed by atoms with Gasteiger partial charge in [0, 0.05) is 5.75 Å². The zero-order valence-electron chi connectivity index (χ0n) is 13.7. The normalized spacial score (nSPS) is 13.0. The van der Waals surface area contributed by atoms with Crippen molar-refractivity contribution < 1.29 is 14.3 Å². The highest BCUT2D eigenvalue weighted by Crippen LogP contribution is 2.39. The fraction of sp³-hybridized carbons (Fsp3) is 0.353. The van der Waals surface area contributed by atoms with Crippen LogP contribution < -0.4 is 9.47 Å². The van der Waals surface area contributed by atoms with Crippen LogP contribution in [0, 0.1) is 13.8 Å². The van der Waals surface area contributed by atoms with Crippen LogP contribution in [0.4, 0.5) is 0 Å². The molecule has 1 aromatic carbocycles. The van der Waals surface area contributed by atoms with E-state index in [1.807, 2.05) is 26.0 Å². The van der Waals surface area contributed by atoms with Gasteiger partial charge in [0.15, 0.2) is 17.3 Å². The third-order valence-electron chi connectivity index (χ3n) is 3.55. The minimum atomic E-state index is -0.0322. The Hall–Kier alpha value is -1.79. The van der Waals surface area contributed by atoms with Gasteiger partial charge in [0.25, 0.3) is 0 Å². The van der Waals surface area contributed by atoms with E-state index in [1.54, 1.807) is 0 Å². The van der Waals surface area contributed by atoms with Gasteiger partial charge >= 0.3 is 0 Å². The number of carbonyl (C=O) groups is 1. The SMILES string of the molecule is CC(=O)c1c(C)nc(C)nc1SCc1cc(Cl)c2c(c1)OCCO2. The highest BCUT2D eigenvalue weighted by molar-refractivity contribution is 7.98. The molecule has 7 heteroatoms. The van der Waals surface area contributed by atoms with Gasteiger partial charge in [-0.15, -0.1) is 11.8 Å². The van der Waals surface area contributed by atoms with Gasteiger partial charge in [-0.25, -0.2) is 9.97 Å². The van der Waals surface area contributed by atoms with E-state index in [9.17, 15) is 4.79 Å². The first-order chi connectivity index (χ1) is 11.5. The first-order valence-corrected chi connectivity index (χ1v) is 8.89. The topological polar surface area (TPSA) is 61.3 Å². The minimum Gasteiger partial charge on any atom is -0.486 e. The number of benzene rings is 1. The minimum absolute atomic E-state index is 0.0322. The standard InChI is InChI=1S/C17H17ClN2O3S/c1-9-15(10(2)21)17(20-11(3)19-9)24-8-12-6-13(18)16-14(7-12)22-4-5-23-16/h6-7H,4-5,8H2,1-3H3. The lowest BCUT2D eigenvalue weighted by Crippen LogP contribution is -2.15. The fourth-order valence-corrected chi connectivity index (χ4v) is 3.98. The molecule has 0 unspecified atom stereocenters. The number of fused-ring (bicyclic) bond motifs is 1. The van der Waals surface area contributed by atoms with Crippen LogP contribution in [0.5, 0.6) is 11.5 Å². The maximum atomic E-state index is 11.9. The Morgan fingerprint density at radius 2 is 2.00 bits per heavy atom. The van der Waals surface area contributed by atoms with Crippen molar-refractivity contribution in [3.8, 4) is 11.5 Å². The smallest absolute Gasteiger partial charge is 0.179 e. The summed E-state index contributed by atoms with van der Waals surface area (Å²) >= 11 is 7.76. The molecule has 0 saturated carbocycles. The third kappa shape index (κ3) is 3.49. The van der Waals surface area contributed by atoms with Crippen LogP contribution in [0.3, 0.4) is 0 Å². The highest BCUT2D eigenvalue weighted by Gasteiger charge is 2.18. The lowest BCUT2D eigenvalue weighted by atomic mass is 10.2. The van der Waals surface area contributed by atoms with Crippen LogP contribution in [0.15, 0.2) is 17.2 Å². The molecular weight excluding hydrogens is 348 g/mol. The number of rotatable bonds is 4. The molecule has 0 aliphatic carbocycles. The molecule has 0 bridgehead atoms. The van der Waals surface area contributed by atoms with Crippen molar-refractivity contribution in [2.75, 3.05) is 13.2 Å². The van der Waals surface area contributed by atoms with Crippen LogP contribution in [0.25, 0.3) is 0 Å². The molecule has 126 valence electrons. The maximum Gasteiger partial charge on any atom is 0.179 e. The predicted molar refractivity (Wildman–Crippen MR) is 93.5 cm³/mol. The Labute approximate surface area is 149 Å².